The number of aryl methyl sites for hydroxylation is 1. The SMILES string of the molecule is O=C(O[C@@H](CCc1ccccc1)C[C@@H]1CO1)c1ccccc1. The molecule has 1 aliphatic heterocycles. The van der Waals surface area contributed by atoms with Gasteiger partial charge in [-0.05, 0) is 30.5 Å². The fourth-order valence-corrected chi connectivity index (χ4v) is 2.49. The van der Waals surface area contributed by atoms with E-state index in [0.717, 1.165) is 25.9 Å². The first kappa shape index (κ1) is 14.8. The number of rotatable bonds is 7. The van der Waals surface area contributed by atoms with Crippen LogP contribution in [0.3, 0.4) is 0 Å². The monoisotopic (exact) mass is 296 g/mol. The molecular weight excluding hydrogens is 276 g/mol. The van der Waals surface area contributed by atoms with Crippen molar-refractivity contribution in [2.75, 3.05) is 6.61 Å². The van der Waals surface area contributed by atoms with Crippen LogP contribution in [0.1, 0.15) is 28.8 Å². The summed E-state index contributed by atoms with van der Waals surface area (Å²) in [5, 5.41) is 0. The number of hydrogen-bond donors (Lipinski definition) is 0. The lowest BCUT2D eigenvalue weighted by Gasteiger charge is -2.17. The smallest absolute Gasteiger partial charge is 0.338 e. The van der Waals surface area contributed by atoms with Crippen molar-refractivity contribution in [3.63, 3.8) is 0 Å². The molecule has 0 spiro atoms. The third kappa shape index (κ3) is 4.43. The van der Waals surface area contributed by atoms with Crippen molar-refractivity contribution in [3.8, 4) is 0 Å². The van der Waals surface area contributed by atoms with Gasteiger partial charge in [0, 0.05) is 6.42 Å². The van der Waals surface area contributed by atoms with Crippen molar-refractivity contribution < 1.29 is 14.3 Å². The molecule has 2 aromatic rings. The zero-order valence-corrected chi connectivity index (χ0v) is 12.5. The third-order valence-electron chi connectivity index (χ3n) is 3.81. The van der Waals surface area contributed by atoms with Crippen LogP contribution in [0.2, 0.25) is 0 Å². The summed E-state index contributed by atoms with van der Waals surface area (Å²) in [6, 6.07) is 19.4. The minimum Gasteiger partial charge on any atom is -0.459 e. The summed E-state index contributed by atoms with van der Waals surface area (Å²) >= 11 is 0. The van der Waals surface area contributed by atoms with E-state index >= 15 is 0 Å². The quantitative estimate of drug-likeness (QED) is 0.578. The first-order valence-corrected chi connectivity index (χ1v) is 7.73. The summed E-state index contributed by atoms with van der Waals surface area (Å²) < 4.78 is 11.0. The largest absolute Gasteiger partial charge is 0.459 e. The van der Waals surface area contributed by atoms with E-state index in [1.54, 1.807) is 12.1 Å². The minimum atomic E-state index is -0.251. The zero-order valence-electron chi connectivity index (χ0n) is 12.5. The number of esters is 1. The second-order valence-corrected chi connectivity index (χ2v) is 5.61. The lowest BCUT2D eigenvalue weighted by atomic mass is 10.0. The number of carbonyl (C=O) groups excluding carboxylic acids is 1. The van der Waals surface area contributed by atoms with Gasteiger partial charge in [0.2, 0.25) is 0 Å². The van der Waals surface area contributed by atoms with E-state index in [2.05, 4.69) is 12.1 Å². The molecule has 3 heteroatoms. The van der Waals surface area contributed by atoms with Crippen LogP contribution in [-0.2, 0) is 15.9 Å². The highest BCUT2D eigenvalue weighted by atomic mass is 16.6. The maximum atomic E-state index is 12.2. The molecular formula is C19H20O3. The normalized spacial score (nSPS) is 17.7. The number of epoxide rings is 1. The molecule has 1 saturated heterocycles. The fraction of sp³-hybridized carbons (Fsp3) is 0.316. The lowest BCUT2D eigenvalue weighted by molar-refractivity contribution is 0.0245. The van der Waals surface area contributed by atoms with Crippen LogP contribution in [0.4, 0.5) is 0 Å². The molecule has 2 atom stereocenters. The van der Waals surface area contributed by atoms with Gasteiger partial charge in [-0.15, -0.1) is 0 Å². The van der Waals surface area contributed by atoms with Crippen molar-refractivity contribution in [3.05, 3.63) is 71.8 Å². The Morgan fingerprint density at radius 2 is 1.73 bits per heavy atom. The molecule has 0 radical (unpaired) electrons. The van der Waals surface area contributed by atoms with E-state index < -0.39 is 0 Å². The molecule has 22 heavy (non-hydrogen) atoms. The molecule has 2 aromatic carbocycles. The van der Waals surface area contributed by atoms with E-state index in [1.807, 2.05) is 36.4 Å². The predicted molar refractivity (Wildman–Crippen MR) is 84.8 cm³/mol. The van der Waals surface area contributed by atoms with Crippen molar-refractivity contribution in [1.29, 1.82) is 0 Å². The molecule has 0 amide bonds. The number of benzene rings is 2. The van der Waals surface area contributed by atoms with Crippen LogP contribution >= 0.6 is 0 Å². The summed E-state index contributed by atoms with van der Waals surface area (Å²) in [7, 11) is 0. The molecule has 0 saturated carbocycles. The molecule has 1 heterocycles. The maximum absolute atomic E-state index is 12.2. The third-order valence-corrected chi connectivity index (χ3v) is 3.81. The molecule has 0 unspecified atom stereocenters. The zero-order chi connectivity index (χ0) is 15.2. The van der Waals surface area contributed by atoms with E-state index in [4.69, 9.17) is 9.47 Å². The van der Waals surface area contributed by atoms with Gasteiger partial charge in [0.15, 0.2) is 0 Å². The summed E-state index contributed by atoms with van der Waals surface area (Å²) in [4.78, 5) is 12.2. The van der Waals surface area contributed by atoms with Crippen LogP contribution in [0.15, 0.2) is 60.7 Å². The first-order valence-electron chi connectivity index (χ1n) is 7.73. The summed E-state index contributed by atoms with van der Waals surface area (Å²) in [5.41, 5.74) is 1.86. The lowest BCUT2D eigenvalue weighted by Crippen LogP contribution is -2.21. The van der Waals surface area contributed by atoms with Crippen LogP contribution in [0.25, 0.3) is 0 Å². The average Bonchev–Trinajstić information content (AvgIpc) is 3.38. The van der Waals surface area contributed by atoms with Gasteiger partial charge in [-0.1, -0.05) is 48.5 Å². The number of hydrogen-bond acceptors (Lipinski definition) is 3. The molecule has 0 aliphatic carbocycles. The summed E-state index contributed by atoms with van der Waals surface area (Å²) in [5.74, 6) is -0.251. The minimum absolute atomic E-state index is 0.0968. The molecule has 0 bridgehead atoms. The Bertz CT molecular complexity index is 591. The van der Waals surface area contributed by atoms with Gasteiger partial charge < -0.3 is 9.47 Å². The molecule has 3 rings (SSSR count). The van der Waals surface area contributed by atoms with Crippen molar-refractivity contribution in [2.24, 2.45) is 0 Å². The van der Waals surface area contributed by atoms with E-state index in [9.17, 15) is 4.79 Å². The number of carbonyl (C=O) groups is 1. The highest BCUT2D eigenvalue weighted by Gasteiger charge is 2.28. The van der Waals surface area contributed by atoms with Gasteiger partial charge in [0.25, 0.3) is 0 Å². The Morgan fingerprint density at radius 1 is 1.09 bits per heavy atom. The Labute approximate surface area is 130 Å². The van der Waals surface area contributed by atoms with Gasteiger partial charge in [0.1, 0.15) is 6.10 Å². The fourth-order valence-electron chi connectivity index (χ4n) is 2.49. The maximum Gasteiger partial charge on any atom is 0.338 e. The Balaban J connectivity index is 1.58. The first-order chi connectivity index (χ1) is 10.8. The van der Waals surface area contributed by atoms with Crippen LogP contribution < -0.4 is 0 Å². The van der Waals surface area contributed by atoms with E-state index in [1.165, 1.54) is 5.56 Å². The molecule has 3 nitrogen and oxygen atoms in total. The molecule has 0 aromatic heterocycles. The summed E-state index contributed by atoms with van der Waals surface area (Å²) in [6.07, 6.45) is 2.67. The Hall–Kier alpha value is -2.13. The van der Waals surface area contributed by atoms with Crippen molar-refractivity contribution in [2.45, 2.75) is 31.5 Å². The topological polar surface area (TPSA) is 38.8 Å². The second kappa shape index (κ2) is 7.23. The van der Waals surface area contributed by atoms with Crippen LogP contribution in [-0.4, -0.2) is 24.8 Å². The van der Waals surface area contributed by atoms with Crippen molar-refractivity contribution >= 4 is 5.97 Å². The van der Waals surface area contributed by atoms with Gasteiger partial charge in [-0.2, -0.15) is 0 Å². The van der Waals surface area contributed by atoms with E-state index in [0.29, 0.717) is 5.56 Å². The van der Waals surface area contributed by atoms with Gasteiger partial charge in [0.05, 0.1) is 18.3 Å². The van der Waals surface area contributed by atoms with Gasteiger partial charge >= 0.3 is 5.97 Å². The predicted octanol–water partition coefficient (Wildman–Crippen LogP) is 3.63. The molecule has 1 fully saturated rings. The number of ether oxygens (including phenoxy) is 2. The van der Waals surface area contributed by atoms with Crippen molar-refractivity contribution in [1.82, 2.24) is 0 Å². The summed E-state index contributed by atoms with van der Waals surface area (Å²) in [6.45, 7) is 0.782. The molecule has 1 aliphatic rings. The van der Waals surface area contributed by atoms with Crippen LogP contribution in [0, 0.1) is 0 Å². The Kier molecular flexibility index (Phi) is 4.86. The van der Waals surface area contributed by atoms with Crippen LogP contribution in [0.5, 0.6) is 0 Å². The highest BCUT2D eigenvalue weighted by molar-refractivity contribution is 5.89. The molecule has 0 N–H and O–H groups in total. The van der Waals surface area contributed by atoms with Gasteiger partial charge in [-0.25, -0.2) is 4.79 Å². The van der Waals surface area contributed by atoms with E-state index in [-0.39, 0.29) is 18.2 Å². The average molecular weight is 296 g/mol. The molecule has 114 valence electrons. The van der Waals surface area contributed by atoms with Gasteiger partial charge in [-0.3, -0.25) is 0 Å². The Morgan fingerprint density at radius 3 is 2.36 bits per heavy atom. The highest BCUT2D eigenvalue weighted by Crippen LogP contribution is 2.21. The second-order valence-electron chi connectivity index (χ2n) is 5.61. The standard InChI is InChI=1S/C19H20O3/c20-19(16-9-5-2-6-10-16)22-17(13-18-14-21-18)12-11-15-7-3-1-4-8-15/h1-10,17-18H,11-14H2/t17-,18+/m0/s1.